The zero-order chi connectivity index (χ0) is 20.4. The van der Waals surface area contributed by atoms with Gasteiger partial charge in [-0.05, 0) is 31.2 Å². The van der Waals surface area contributed by atoms with Gasteiger partial charge in [-0.3, -0.25) is 14.4 Å². The average molecular weight is 402 g/mol. The lowest BCUT2D eigenvalue weighted by molar-refractivity contribution is -0.122. The summed E-state index contributed by atoms with van der Waals surface area (Å²) in [4.78, 5) is 44.9. The molecule has 28 heavy (non-hydrogen) atoms. The highest BCUT2D eigenvalue weighted by molar-refractivity contribution is 7.17. The number of aromatic nitrogens is 1. The number of carbonyl (C=O) groups excluding carboxylic acids is 3. The lowest BCUT2D eigenvalue weighted by Gasteiger charge is -2.16. The summed E-state index contributed by atoms with van der Waals surface area (Å²) in [6.45, 7) is 2.03. The zero-order valence-electron chi connectivity index (χ0n) is 16.2. The van der Waals surface area contributed by atoms with Gasteiger partial charge in [-0.15, -0.1) is 0 Å². The molecule has 1 saturated heterocycles. The molecule has 0 saturated carbocycles. The molecule has 1 aromatic carbocycles. The summed E-state index contributed by atoms with van der Waals surface area (Å²) in [5.41, 5.74) is 1.30. The van der Waals surface area contributed by atoms with Crippen LogP contribution < -0.4 is 15.0 Å². The normalized spacial score (nSPS) is 16.2. The fraction of sp³-hybridized carbons (Fsp3) is 0.368. The van der Waals surface area contributed by atoms with E-state index in [-0.39, 0.29) is 24.1 Å². The maximum absolute atomic E-state index is 12.6. The molecule has 148 valence electrons. The summed E-state index contributed by atoms with van der Waals surface area (Å²) in [7, 11) is 4.91. The Morgan fingerprint density at radius 1 is 1.29 bits per heavy atom. The number of thiazole rings is 1. The number of aryl methyl sites for hydroxylation is 1. The van der Waals surface area contributed by atoms with Gasteiger partial charge >= 0.3 is 0 Å². The van der Waals surface area contributed by atoms with Crippen molar-refractivity contribution < 1.29 is 19.1 Å². The van der Waals surface area contributed by atoms with E-state index >= 15 is 0 Å². The molecule has 3 amide bonds. The first-order chi connectivity index (χ1) is 13.3. The predicted molar refractivity (Wildman–Crippen MR) is 107 cm³/mol. The largest absolute Gasteiger partial charge is 0.497 e. The number of benzene rings is 1. The van der Waals surface area contributed by atoms with Crippen LogP contribution in [-0.4, -0.2) is 55.4 Å². The summed E-state index contributed by atoms with van der Waals surface area (Å²) >= 11 is 1.14. The van der Waals surface area contributed by atoms with Crippen molar-refractivity contribution in [2.75, 3.05) is 38.0 Å². The number of rotatable bonds is 5. The molecular weight excluding hydrogens is 380 g/mol. The molecule has 2 aromatic rings. The molecule has 1 aromatic heterocycles. The fourth-order valence-corrected chi connectivity index (χ4v) is 3.94. The number of nitrogens with one attached hydrogen (secondary N) is 1. The minimum atomic E-state index is -0.480. The quantitative estimate of drug-likeness (QED) is 0.827. The van der Waals surface area contributed by atoms with E-state index in [0.717, 1.165) is 17.0 Å². The molecule has 9 heteroatoms. The van der Waals surface area contributed by atoms with Crippen LogP contribution in [0.15, 0.2) is 24.3 Å². The number of hydrogen-bond acceptors (Lipinski definition) is 6. The van der Waals surface area contributed by atoms with Crippen LogP contribution in [0.5, 0.6) is 5.75 Å². The lowest BCUT2D eigenvalue weighted by Crippen LogP contribution is -2.28. The Labute approximate surface area is 167 Å². The smallest absolute Gasteiger partial charge is 0.265 e. The van der Waals surface area contributed by atoms with E-state index < -0.39 is 5.92 Å². The average Bonchev–Trinajstić information content (AvgIpc) is 3.23. The Kier molecular flexibility index (Phi) is 5.64. The van der Waals surface area contributed by atoms with Gasteiger partial charge in [0.25, 0.3) is 5.91 Å². The maximum Gasteiger partial charge on any atom is 0.265 e. The van der Waals surface area contributed by atoms with E-state index in [4.69, 9.17) is 4.74 Å². The van der Waals surface area contributed by atoms with Crippen LogP contribution in [0.3, 0.4) is 0 Å². The van der Waals surface area contributed by atoms with Gasteiger partial charge in [-0.25, -0.2) is 4.98 Å². The summed E-state index contributed by atoms with van der Waals surface area (Å²) < 4.78 is 5.13. The Balaban J connectivity index is 1.68. The molecule has 0 spiro atoms. The first kappa shape index (κ1) is 19.8. The van der Waals surface area contributed by atoms with Gasteiger partial charge in [-0.1, -0.05) is 11.3 Å². The van der Waals surface area contributed by atoms with Crippen LogP contribution in [-0.2, 0) is 9.59 Å². The van der Waals surface area contributed by atoms with Gasteiger partial charge in [0.1, 0.15) is 10.6 Å². The standard InChI is InChI=1S/C19H22N4O4S/c1-11-16(18(26)22(2)3)28-19(20-11)21-17(25)12-9-15(24)23(10-12)13-5-7-14(27-4)8-6-13/h5-8,12H,9-10H2,1-4H3,(H,20,21,25). The van der Waals surface area contributed by atoms with Crippen molar-refractivity contribution in [3.63, 3.8) is 0 Å². The van der Waals surface area contributed by atoms with E-state index in [1.807, 2.05) is 0 Å². The van der Waals surface area contributed by atoms with Crippen molar-refractivity contribution >= 4 is 39.9 Å². The van der Waals surface area contributed by atoms with Gasteiger partial charge in [0.05, 0.1) is 18.7 Å². The van der Waals surface area contributed by atoms with Gasteiger partial charge in [0.15, 0.2) is 5.13 Å². The topological polar surface area (TPSA) is 91.8 Å². The van der Waals surface area contributed by atoms with Gasteiger partial charge in [0, 0.05) is 32.7 Å². The minimum absolute atomic E-state index is 0.107. The van der Waals surface area contributed by atoms with E-state index in [1.54, 1.807) is 57.3 Å². The molecular formula is C19H22N4O4S. The highest BCUT2D eigenvalue weighted by atomic mass is 32.1. The van der Waals surface area contributed by atoms with Gasteiger partial charge < -0.3 is 19.9 Å². The maximum atomic E-state index is 12.6. The summed E-state index contributed by atoms with van der Waals surface area (Å²) in [5, 5.41) is 3.11. The minimum Gasteiger partial charge on any atom is -0.497 e. The SMILES string of the molecule is COc1ccc(N2CC(C(=O)Nc3nc(C)c(C(=O)N(C)C)s3)CC2=O)cc1. The Bertz CT molecular complexity index is 907. The van der Waals surface area contributed by atoms with Crippen LogP contribution in [0, 0.1) is 12.8 Å². The number of methoxy groups -OCH3 is 1. The van der Waals surface area contributed by atoms with E-state index in [9.17, 15) is 14.4 Å². The Morgan fingerprint density at radius 2 is 1.96 bits per heavy atom. The molecule has 3 rings (SSSR count). The van der Waals surface area contributed by atoms with Crippen LogP contribution in [0.4, 0.5) is 10.8 Å². The third kappa shape index (κ3) is 3.99. The number of anilines is 2. The van der Waals surface area contributed by atoms with E-state index in [2.05, 4.69) is 10.3 Å². The van der Waals surface area contributed by atoms with Crippen LogP contribution >= 0.6 is 11.3 Å². The van der Waals surface area contributed by atoms with Crippen molar-refractivity contribution in [1.29, 1.82) is 0 Å². The zero-order valence-corrected chi connectivity index (χ0v) is 17.0. The van der Waals surface area contributed by atoms with Crippen molar-refractivity contribution in [1.82, 2.24) is 9.88 Å². The monoisotopic (exact) mass is 402 g/mol. The number of amides is 3. The summed E-state index contributed by atoms with van der Waals surface area (Å²) in [6.07, 6.45) is 0.131. The summed E-state index contributed by atoms with van der Waals surface area (Å²) in [6, 6.07) is 7.13. The number of carbonyl (C=O) groups is 3. The van der Waals surface area contributed by atoms with Crippen molar-refractivity contribution in [3.8, 4) is 5.75 Å². The molecule has 1 atom stereocenters. The highest BCUT2D eigenvalue weighted by Gasteiger charge is 2.35. The first-order valence-corrected chi connectivity index (χ1v) is 9.56. The number of ether oxygens (including phenoxy) is 1. The molecule has 0 aliphatic carbocycles. The highest BCUT2D eigenvalue weighted by Crippen LogP contribution is 2.29. The second kappa shape index (κ2) is 7.97. The fourth-order valence-electron chi connectivity index (χ4n) is 2.95. The second-order valence-electron chi connectivity index (χ2n) is 6.73. The molecule has 1 N–H and O–H groups in total. The van der Waals surface area contributed by atoms with Gasteiger partial charge in [-0.2, -0.15) is 0 Å². The predicted octanol–water partition coefficient (Wildman–Crippen LogP) is 2.15. The molecule has 8 nitrogen and oxygen atoms in total. The van der Waals surface area contributed by atoms with Crippen molar-refractivity contribution in [2.24, 2.45) is 5.92 Å². The molecule has 1 fully saturated rings. The number of nitrogens with zero attached hydrogens (tertiary/aromatic N) is 3. The third-order valence-corrected chi connectivity index (χ3v) is 5.57. The van der Waals surface area contributed by atoms with Crippen molar-refractivity contribution in [3.05, 3.63) is 34.8 Å². The molecule has 0 radical (unpaired) electrons. The van der Waals surface area contributed by atoms with E-state index in [0.29, 0.717) is 28.0 Å². The van der Waals surface area contributed by atoms with E-state index in [1.165, 1.54) is 4.90 Å². The molecule has 1 unspecified atom stereocenters. The molecule has 1 aliphatic rings. The van der Waals surface area contributed by atoms with Crippen LogP contribution in [0.1, 0.15) is 21.8 Å². The van der Waals surface area contributed by atoms with Crippen LogP contribution in [0.2, 0.25) is 0 Å². The number of hydrogen-bond donors (Lipinski definition) is 1. The van der Waals surface area contributed by atoms with Crippen LogP contribution in [0.25, 0.3) is 0 Å². The Morgan fingerprint density at radius 3 is 2.57 bits per heavy atom. The Hall–Kier alpha value is -2.94. The molecule has 1 aliphatic heterocycles. The third-order valence-electron chi connectivity index (χ3n) is 4.51. The first-order valence-electron chi connectivity index (χ1n) is 8.74. The molecule has 0 bridgehead atoms. The van der Waals surface area contributed by atoms with Crippen molar-refractivity contribution in [2.45, 2.75) is 13.3 Å². The van der Waals surface area contributed by atoms with Gasteiger partial charge in [0.2, 0.25) is 11.8 Å². The second-order valence-corrected chi connectivity index (χ2v) is 7.72. The summed E-state index contributed by atoms with van der Waals surface area (Å²) in [5.74, 6) is -0.318. The molecule has 2 heterocycles. The lowest BCUT2D eigenvalue weighted by atomic mass is 10.1.